The minimum atomic E-state index is -1.34. The van der Waals surface area contributed by atoms with Crippen molar-refractivity contribution in [1.82, 2.24) is 4.90 Å². The Bertz CT molecular complexity index is 699. The smallest absolute Gasteiger partial charge is 0.543 e. The van der Waals surface area contributed by atoms with E-state index in [0.717, 1.165) is 12.7 Å². The molecule has 2 aliphatic rings. The summed E-state index contributed by atoms with van der Waals surface area (Å²) in [6.45, 7) is 1.56. The van der Waals surface area contributed by atoms with Crippen LogP contribution in [0.25, 0.3) is 5.57 Å². The van der Waals surface area contributed by atoms with Crippen LogP contribution in [0.3, 0.4) is 0 Å². The number of aliphatic carboxylic acids is 1. The Labute approximate surface area is 183 Å². The van der Waals surface area contributed by atoms with E-state index in [-0.39, 0.29) is 47.2 Å². The molecule has 0 saturated carbocycles. The molecule has 1 aromatic rings. The van der Waals surface area contributed by atoms with Gasteiger partial charge >= 0.3 is 29.6 Å². The van der Waals surface area contributed by atoms with Gasteiger partial charge in [0.25, 0.3) is 0 Å². The predicted molar refractivity (Wildman–Crippen MR) is 94.2 cm³/mol. The fourth-order valence-electron chi connectivity index (χ4n) is 3.24. The molecule has 1 N–H and O–H groups in total. The van der Waals surface area contributed by atoms with Gasteiger partial charge < -0.3 is 19.9 Å². The molecule has 3 atom stereocenters. The number of amides is 1. The molecular formula is C15H12I2NNaO4. The number of aliphatic hydroxyl groups is 1. The van der Waals surface area contributed by atoms with Gasteiger partial charge in [-0.2, -0.15) is 0 Å². The molecule has 8 heteroatoms. The van der Waals surface area contributed by atoms with Crippen LogP contribution in [0.2, 0.25) is 0 Å². The van der Waals surface area contributed by atoms with Crippen molar-refractivity contribution in [1.29, 1.82) is 0 Å². The molecule has 1 aromatic carbocycles. The van der Waals surface area contributed by atoms with Gasteiger partial charge in [-0.1, -0.05) is 0 Å². The second-order valence-corrected chi connectivity index (χ2v) is 8.01. The number of rotatable bonds is 3. The third-order valence-electron chi connectivity index (χ3n) is 4.13. The monoisotopic (exact) mass is 547 g/mol. The number of carbonyl (C=O) groups excluding carboxylic acids is 2. The minimum Gasteiger partial charge on any atom is -0.543 e. The SMILES string of the molecule is C[C@@H](O)[C@H]1C(=O)N2C(C(=O)[O-])=C(c3cc(I)cc(I)c3)C[C@H]12.[Na+]. The maximum atomic E-state index is 12.1. The average molecular weight is 547 g/mol. The van der Waals surface area contributed by atoms with Crippen LogP contribution in [-0.4, -0.2) is 34.0 Å². The Balaban J connectivity index is 0.00000192. The Kier molecular flexibility index (Phi) is 6.22. The number of halogens is 2. The molecule has 1 amide bonds. The Morgan fingerprint density at radius 2 is 1.91 bits per heavy atom. The molecule has 23 heavy (non-hydrogen) atoms. The number of nitrogens with zero attached hydrogens (tertiary/aromatic N) is 1. The molecule has 116 valence electrons. The second-order valence-electron chi connectivity index (χ2n) is 5.52. The van der Waals surface area contributed by atoms with Crippen molar-refractivity contribution in [3.8, 4) is 0 Å². The Morgan fingerprint density at radius 3 is 2.39 bits per heavy atom. The summed E-state index contributed by atoms with van der Waals surface area (Å²) in [4.78, 5) is 25.0. The van der Waals surface area contributed by atoms with Gasteiger partial charge in [0.1, 0.15) is 0 Å². The van der Waals surface area contributed by atoms with Crippen molar-refractivity contribution in [3.05, 3.63) is 36.6 Å². The van der Waals surface area contributed by atoms with Gasteiger partial charge in [-0.3, -0.25) is 4.79 Å². The first-order chi connectivity index (χ1) is 10.3. The Morgan fingerprint density at radius 1 is 1.35 bits per heavy atom. The largest absolute Gasteiger partial charge is 1.00 e. The number of carbonyl (C=O) groups is 2. The normalized spacial score (nSPS) is 24.0. The molecule has 0 spiro atoms. The van der Waals surface area contributed by atoms with E-state index in [9.17, 15) is 19.8 Å². The molecule has 1 fully saturated rings. The number of carboxylic acids is 1. The molecule has 0 aliphatic carbocycles. The van der Waals surface area contributed by atoms with Gasteiger partial charge in [-0.15, -0.1) is 0 Å². The zero-order chi connectivity index (χ0) is 16.2. The molecule has 5 nitrogen and oxygen atoms in total. The van der Waals surface area contributed by atoms with E-state index >= 15 is 0 Å². The summed E-state index contributed by atoms with van der Waals surface area (Å²) in [5, 5.41) is 21.3. The predicted octanol–water partition coefficient (Wildman–Crippen LogP) is -2.03. The quantitative estimate of drug-likeness (QED) is 0.269. The van der Waals surface area contributed by atoms with Crippen molar-refractivity contribution in [3.63, 3.8) is 0 Å². The molecule has 0 unspecified atom stereocenters. The number of benzene rings is 1. The Hall–Kier alpha value is 0.320. The summed E-state index contributed by atoms with van der Waals surface area (Å²) in [6, 6.07) is 5.49. The van der Waals surface area contributed by atoms with E-state index in [1.807, 2.05) is 18.2 Å². The molecule has 0 bridgehead atoms. The van der Waals surface area contributed by atoms with Crippen LogP contribution in [-0.2, 0) is 9.59 Å². The number of hydrogen-bond acceptors (Lipinski definition) is 4. The summed E-state index contributed by atoms with van der Waals surface area (Å²) in [7, 11) is 0. The number of fused-ring (bicyclic) bond motifs is 1. The molecule has 0 radical (unpaired) electrons. The van der Waals surface area contributed by atoms with E-state index in [1.54, 1.807) is 6.92 Å². The van der Waals surface area contributed by atoms with E-state index in [0.29, 0.717) is 12.0 Å². The van der Waals surface area contributed by atoms with Gasteiger partial charge in [0.2, 0.25) is 5.91 Å². The fourth-order valence-corrected chi connectivity index (χ4v) is 5.18. The topological polar surface area (TPSA) is 80.7 Å². The number of hydrogen-bond donors (Lipinski definition) is 1. The zero-order valence-electron chi connectivity index (χ0n) is 12.5. The zero-order valence-corrected chi connectivity index (χ0v) is 18.9. The molecule has 0 aromatic heterocycles. The second kappa shape index (κ2) is 7.28. The number of aliphatic hydroxyl groups excluding tert-OH is 1. The van der Waals surface area contributed by atoms with E-state index in [1.165, 1.54) is 4.90 Å². The maximum absolute atomic E-state index is 12.1. The van der Waals surface area contributed by atoms with Crippen LogP contribution in [0.5, 0.6) is 0 Å². The van der Waals surface area contributed by atoms with Gasteiger partial charge in [-0.25, -0.2) is 0 Å². The first-order valence-electron chi connectivity index (χ1n) is 6.73. The van der Waals surface area contributed by atoms with Crippen LogP contribution >= 0.6 is 45.2 Å². The van der Waals surface area contributed by atoms with Crippen LogP contribution in [0.4, 0.5) is 0 Å². The molecule has 1 saturated heterocycles. The first-order valence-corrected chi connectivity index (χ1v) is 8.89. The van der Waals surface area contributed by atoms with Crippen LogP contribution in [0.15, 0.2) is 23.9 Å². The summed E-state index contributed by atoms with van der Waals surface area (Å²) in [5.74, 6) is -2.22. The van der Waals surface area contributed by atoms with Crippen LogP contribution in [0, 0.1) is 13.1 Å². The van der Waals surface area contributed by atoms with Crippen molar-refractivity contribution in [2.75, 3.05) is 0 Å². The standard InChI is InChI=1S/C15H13I2NO4.Na/c1-6(19)12-11-5-10(7-2-8(16)4-9(17)3-7)13(15(21)22)18(11)14(12)20;/h2-4,6,11-12,19H,5H2,1H3,(H,21,22);/q;+1/p-1/t6-,11-,12-;/m1./s1. The number of carboxylic acid groups (broad SMARTS) is 1. The third kappa shape index (κ3) is 3.37. The fraction of sp³-hybridized carbons (Fsp3) is 0.333. The van der Waals surface area contributed by atoms with Gasteiger partial charge in [0.15, 0.2) is 0 Å². The molecule has 2 aliphatic heterocycles. The molecular weight excluding hydrogens is 535 g/mol. The minimum absolute atomic E-state index is 0. The summed E-state index contributed by atoms with van der Waals surface area (Å²) >= 11 is 4.35. The molecule has 2 heterocycles. The summed E-state index contributed by atoms with van der Waals surface area (Å²) < 4.78 is 2.00. The van der Waals surface area contributed by atoms with Gasteiger partial charge in [-0.05, 0) is 87.9 Å². The van der Waals surface area contributed by atoms with Crippen molar-refractivity contribution < 1.29 is 49.4 Å². The van der Waals surface area contributed by atoms with Crippen molar-refractivity contribution in [2.24, 2.45) is 5.92 Å². The summed E-state index contributed by atoms with van der Waals surface area (Å²) in [5.41, 5.74) is 1.35. The van der Waals surface area contributed by atoms with E-state index < -0.39 is 18.0 Å². The molecule has 3 rings (SSSR count). The number of β-lactam (4-membered cyclic amide) rings is 1. The van der Waals surface area contributed by atoms with E-state index in [2.05, 4.69) is 45.2 Å². The maximum Gasteiger partial charge on any atom is 1.00 e. The van der Waals surface area contributed by atoms with Crippen LogP contribution < -0.4 is 34.7 Å². The van der Waals surface area contributed by atoms with E-state index in [4.69, 9.17) is 0 Å². The van der Waals surface area contributed by atoms with Gasteiger partial charge in [0, 0.05) is 7.14 Å². The van der Waals surface area contributed by atoms with Gasteiger partial charge in [0.05, 0.1) is 29.7 Å². The van der Waals surface area contributed by atoms with Crippen molar-refractivity contribution >= 4 is 62.6 Å². The van der Waals surface area contributed by atoms with Crippen molar-refractivity contribution in [2.45, 2.75) is 25.5 Å². The first kappa shape index (κ1) is 19.6. The third-order valence-corrected chi connectivity index (χ3v) is 5.38. The summed E-state index contributed by atoms with van der Waals surface area (Å²) in [6.07, 6.45) is -0.354. The van der Waals surface area contributed by atoms with Crippen LogP contribution in [0.1, 0.15) is 18.9 Å². The average Bonchev–Trinajstić information content (AvgIpc) is 2.72.